The summed E-state index contributed by atoms with van der Waals surface area (Å²) in [6, 6.07) is 119. The van der Waals surface area contributed by atoms with Gasteiger partial charge in [-0.3, -0.25) is 4.98 Å². The lowest BCUT2D eigenvalue weighted by Crippen LogP contribution is -2.36. The van der Waals surface area contributed by atoms with Crippen molar-refractivity contribution in [2.24, 2.45) is 5.41 Å². The Morgan fingerprint density at radius 3 is 1.44 bits per heavy atom. The van der Waals surface area contributed by atoms with Crippen molar-refractivity contribution in [3.05, 3.63) is 379 Å². The van der Waals surface area contributed by atoms with E-state index in [1.165, 1.54) is 77.5 Å². The van der Waals surface area contributed by atoms with E-state index in [1.807, 2.05) is 72.8 Å². The lowest BCUT2D eigenvalue weighted by atomic mass is 9.62. The maximum Gasteiger partial charge on any atom is 0.180 e. The minimum absolute atomic E-state index is 0.0535. The van der Waals surface area contributed by atoms with Crippen molar-refractivity contribution in [3.8, 4) is 101 Å². The fourth-order valence-corrected chi connectivity index (χ4v) is 22.3. The lowest BCUT2D eigenvalue weighted by Gasteiger charge is -2.40. The number of hydrogen-bond donors (Lipinski definition) is 0. The van der Waals surface area contributed by atoms with E-state index < -0.39 is 0 Å². The van der Waals surface area contributed by atoms with Crippen LogP contribution in [0, 0.1) is 5.41 Å². The van der Waals surface area contributed by atoms with Gasteiger partial charge in [-0.1, -0.05) is 304 Å². The zero-order valence-corrected chi connectivity index (χ0v) is 73.8. The summed E-state index contributed by atoms with van der Waals surface area (Å²) < 4.78 is 27.1. The maximum atomic E-state index is 6.89. The van der Waals surface area contributed by atoms with Crippen molar-refractivity contribution in [3.63, 3.8) is 0 Å². The Hall–Kier alpha value is -15.9. The van der Waals surface area contributed by atoms with Crippen molar-refractivity contribution in [1.82, 2.24) is 34.9 Å². The van der Waals surface area contributed by atoms with Crippen LogP contribution in [0.2, 0.25) is 0 Å². The molecule has 0 bridgehead atoms. The molecule has 3 aliphatic rings. The van der Waals surface area contributed by atoms with Gasteiger partial charge in [-0.15, -0.1) is 0 Å². The third-order valence-corrected chi connectivity index (χ3v) is 29.3. The van der Waals surface area contributed by atoms with Gasteiger partial charge in [-0.2, -0.15) is 0 Å². The van der Waals surface area contributed by atoms with Crippen molar-refractivity contribution in [2.45, 2.75) is 90.9 Å². The topological polar surface area (TPSA) is 143 Å². The van der Waals surface area contributed by atoms with Gasteiger partial charge in [0.05, 0.1) is 22.4 Å². The molecule has 8 heterocycles. The Balaban J connectivity index is 0.000000106. The molecule has 0 saturated carbocycles. The van der Waals surface area contributed by atoms with Crippen molar-refractivity contribution in [1.29, 1.82) is 0 Å². The van der Waals surface area contributed by atoms with E-state index in [2.05, 4.69) is 327 Å². The monoisotopic (exact) mass is 1690 g/mol. The molecule has 2 unspecified atom stereocenters. The first-order chi connectivity index (χ1) is 64.2. The molecule has 8 aromatic heterocycles. The van der Waals surface area contributed by atoms with Crippen LogP contribution < -0.4 is 0 Å². The minimum Gasteiger partial charge on any atom is -0.456 e. The molecule has 0 aliphatic heterocycles. The molecule has 11 heteroatoms. The summed E-state index contributed by atoms with van der Waals surface area (Å²) in [6.07, 6.45) is 4.85. The highest BCUT2D eigenvalue weighted by atomic mass is 16.3. The van der Waals surface area contributed by atoms with E-state index in [1.54, 1.807) is 6.20 Å². The molecule has 0 radical (unpaired) electrons. The van der Waals surface area contributed by atoms with Gasteiger partial charge in [0.25, 0.3) is 0 Å². The molecule has 0 saturated heterocycles. The minimum atomic E-state index is -0.242. The molecule has 626 valence electrons. The number of rotatable bonds is 9. The van der Waals surface area contributed by atoms with E-state index in [-0.39, 0.29) is 21.7 Å². The summed E-state index contributed by atoms with van der Waals surface area (Å²) in [7, 11) is 0. The van der Waals surface area contributed by atoms with Crippen molar-refractivity contribution >= 4 is 131 Å². The zero-order valence-electron chi connectivity index (χ0n) is 73.8. The lowest BCUT2D eigenvalue weighted by molar-refractivity contribution is 0.255. The summed E-state index contributed by atoms with van der Waals surface area (Å²) in [4.78, 5) is 35.3. The van der Waals surface area contributed by atoms with Crippen molar-refractivity contribution < 1.29 is 17.7 Å². The number of fused-ring (bicyclic) bond motifs is 28. The molecule has 27 rings (SSSR count). The van der Waals surface area contributed by atoms with Crippen LogP contribution in [0.4, 0.5) is 0 Å². The maximum absolute atomic E-state index is 6.89. The van der Waals surface area contributed by atoms with Crippen LogP contribution in [-0.2, 0) is 16.2 Å². The van der Waals surface area contributed by atoms with E-state index in [4.69, 9.17) is 47.6 Å². The second-order valence-electron chi connectivity index (χ2n) is 36.8. The second-order valence-corrected chi connectivity index (χ2v) is 36.8. The van der Waals surface area contributed by atoms with Gasteiger partial charge >= 0.3 is 0 Å². The third kappa shape index (κ3) is 11.5. The summed E-state index contributed by atoms with van der Waals surface area (Å²) >= 11 is 0. The van der Waals surface area contributed by atoms with Crippen LogP contribution in [0.25, 0.3) is 233 Å². The molecule has 0 fully saturated rings. The van der Waals surface area contributed by atoms with E-state index >= 15 is 0 Å². The summed E-state index contributed by atoms with van der Waals surface area (Å²) in [6.45, 7) is 18.6. The highest BCUT2D eigenvalue weighted by Crippen LogP contribution is 2.62. The molecule has 11 nitrogen and oxygen atoms in total. The number of hydrogen-bond acceptors (Lipinski definition) is 11. The molecule has 3 aliphatic carbocycles. The number of aromatic nitrogens is 7. The average Bonchev–Trinajstić information content (AvgIpc) is 1.52. The Morgan fingerprint density at radius 1 is 0.290 bits per heavy atom. The van der Waals surface area contributed by atoms with Crippen LogP contribution in [-0.4, -0.2) is 34.9 Å². The Bertz CT molecular complexity index is 8860. The Morgan fingerprint density at radius 2 is 0.771 bits per heavy atom. The van der Waals surface area contributed by atoms with E-state index in [0.717, 1.165) is 191 Å². The van der Waals surface area contributed by atoms with Gasteiger partial charge in [0.15, 0.2) is 23.1 Å². The molecular formula is C120H87N7O4. The fraction of sp³-hybridized carbons (Fsp3) is 0.125. The molecular weight excluding hydrogens is 1600 g/mol. The van der Waals surface area contributed by atoms with Gasteiger partial charge in [0.1, 0.15) is 56.0 Å². The van der Waals surface area contributed by atoms with E-state index in [0.29, 0.717) is 17.2 Å². The number of pyridine rings is 1. The predicted octanol–water partition coefficient (Wildman–Crippen LogP) is 32.2. The summed E-state index contributed by atoms with van der Waals surface area (Å²) in [5.41, 5.74) is 33.2. The summed E-state index contributed by atoms with van der Waals surface area (Å²) in [5, 5.41) is 14.3. The zero-order chi connectivity index (χ0) is 87.9. The van der Waals surface area contributed by atoms with Crippen LogP contribution in [0.15, 0.2) is 364 Å². The second kappa shape index (κ2) is 29.3. The number of benzene rings is 16. The molecule has 2 atom stereocenters. The fourth-order valence-electron chi connectivity index (χ4n) is 22.3. The molecule has 131 heavy (non-hydrogen) atoms. The number of para-hydroxylation sites is 3. The van der Waals surface area contributed by atoms with Crippen LogP contribution >= 0.6 is 0 Å². The predicted molar refractivity (Wildman–Crippen MR) is 536 cm³/mol. The van der Waals surface area contributed by atoms with Gasteiger partial charge < -0.3 is 17.7 Å². The van der Waals surface area contributed by atoms with Gasteiger partial charge in [0, 0.05) is 115 Å². The largest absolute Gasteiger partial charge is 0.456 e. The average molecular weight is 1690 g/mol. The van der Waals surface area contributed by atoms with Gasteiger partial charge in [-0.05, 0) is 187 Å². The van der Waals surface area contributed by atoms with E-state index in [9.17, 15) is 0 Å². The number of nitrogens with zero attached hydrogens (tertiary/aromatic N) is 7. The summed E-state index contributed by atoms with van der Waals surface area (Å²) in [5.74, 6) is 2.06. The standard InChI is InChI=1S/C44H30N2O.C40H30N2O2.C36H27N3O/c1-3-44(2)36-18-10-8-16-31(36)33-22-23-34-32-21-20-28(25-38(32)47-42(34)40(33)44)41-35-17-9-11-19-37(35)45-43(46-41)39-29-14-6-4-12-26(29)24-27-13-5-7-15-30(27)39;1-39(2,3)40(4)29-18-10-8-15-24(29)25-21-22-28-32-27(17-12-20-31(32)44-36(28)33(25)40)35-37-34(26-16-9-11-19-30(26)43-37)41-38(42-35)23-13-6-5-7-14-23;1-3-36(4-2)28-13-7-5-11-23(28)25-18-19-26-24-17-16-22(21-31(24)40-34(26)32(25)36)35-38-29-14-8-6-12-27(29)33(39-35)30-15-9-10-20-37-30/h4-25H,3H2,1-2H3;5-22H,1-4H3;5-21H,3-4H2,1-2H3. The van der Waals surface area contributed by atoms with Gasteiger partial charge in [0.2, 0.25) is 0 Å². The van der Waals surface area contributed by atoms with Crippen LogP contribution in [0.5, 0.6) is 0 Å². The Labute approximate surface area is 755 Å². The molecule has 0 N–H and O–H groups in total. The molecule has 0 spiro atoms. The third-order valence-electron chi connectivity index (χ3n) is 29.3. The molecule has 16 aromatic carbocycles. The SMILES string of the molecule is CC(C)(C)C1(C)c2ccccc2-c2ccc3c(oc4cccc(-c5nc(-c6ccccc6)nc6c5oc5ccccc56)c43)c21.CCC1(C)c2ccccc2-c2ccc3c(oc4cc(-c5nc(-c6c7ccccc7cc7ccccc67)nc6ccccc56)ccc43)c21.CCC1(CC)c2ccccc2-c2ccc3c(oc4cc(-c5nc(-c6ccccn6)c6ccccc6n5)ccc43)c21. The Kier molecular flexibility index (Phi) is 17.4. The first-order valence-electron chi connectivity index (χ1n) is 45.6. The molecule has 0 amide bonds. The first-order valence-corrected chi connectivity index (χ1v) is 45.6. The van der Waals surface area contributed by atoms with Crippen LogP contribution in [0.1, 0.15) is 108 Å². The van der Waals surface area contributed by atoms with Gasteiger partial charge in [-0.25, -0.2) is 29.9 Å². The normalized spacial score (nSPS) is 15.2. The highest BCUT2D eigenvalue weighted by molar-refractivity contribution is 6.19. The molecule has 24 aromatic rings. The van der Waals surface area contributed by atoms with Crippen LogP contribution in [0.3, 0.4) is 0 Å². The first kappa shape index (κ1) is 77.5. The highest BCUT2D eigenvalue weighted by Gasteiger charge is 2.50. The smallest absolute Gasteiger partial charge is 0.180 e. The van der Waals surface area contributed by atoms with Crippen molar-refractivity contribution in [2.75, 3.05) is 0 Å². The number of furan rings is 4. The quantitative estimate of drug-likeness (QED) is 0.127.